The number of ether oxygens (including phenoxy) is 2. The van der Waals surface area contributed by atoms with E-state index < -0.39 is 0 Å². The molecule has 0 aliphatic rings. The number of hydrogen-bond acceptors (Lipinski definition) is 8. The van der Waals surface area contributed by atoms with Crippen LogP contribution in [0.15, 0.2) is 21.6 Å². The lowest BCUT2D eigenvalue weighted by atomic mass is 9.82. The van der Waals surface area contributed by atoms with Crippen molar-refractivity contribution in [3.05, 3.63) is 23.7 Å². The van der Waals surface area contributed by atoms with Crippen molar-refractivity contribution in [2.24, 2.45) is 10.8 Å². The molecule has 0 aliphatic carbocycles. The molecule has 188 valence electrons. The smallest absolute Gasteiger partial charge is 0.254 e. The second-order valence-electron chi connectivity index (χ2n) is 10.5. The Morgan fingerprint density at radius 3 is 1.42 bits per heavy atom. The summed E-state index contributed by atoms with van der Waals surface area (Å²) in [5.41, 5.74) is 1.72. The van der Waals surface area contributed by atoms with Gasteiger partial charge in [-0.15, -0.1) is 0 Å². The molecule has 0 aliphatic heterocycles. The van der Waals surface area contributed by atoms with Crippen LogP contribution in [-0.2, 0) is 22.3 Å². The van der Waals surface area contributed by atoms with Crippen LogP contribution in [0.1, 0.15) is 83.8 Å². The SMILES string of the molecule is CC(C)(CCCCOCCCOCCCCC(C)(C)Cc1conc1O)Cc1conc1O. The first kappa shape index (κ1) is 27.2. The molecule has 2 heterocycles. The van der Waals surface area contributed by atoms with Gasteiger partial charge in [0.05, 0.1) is 11.1 Å². The maximum Gasteiger partial charge on any atom is 0.254 e. The molecule has 0 amide bonds. The summed E-state index contributed by atoms with van der Waals surface area (Å²) in [6, 6.07) is 0. The Hall–Kier alpha value is -2.06. The average Bonchev–Trinajstić information content (AvgIpc) is 3.32. The Labute approximate surface area is 197 Å². The topological polar surface area (TPSA) is 111 Å². The Kier molecular flexibility index (Phi) is 11.2. The van der Waals surface area contributed by atoms with E-state index in [4.69, 9.17) is 18.5 Å². The van der Waals surface area contributed by atoms with Crippen molar-refractivity contribution in [3.8, 4) is 11.8 Å². The van der Waals surface area contributed by atoms with Crippen molar-refractivity contribution in [1.29, 1.82) is 0 Å². The lowest BCUT2D eigenvalue weighted by Gasteiger charge is -2.23. The van der Waals surface area contributed by atoms with Gasteiger partial charge in [-0.2, -0.15) is 0 Å². The van der Waals surface area contributed by atoms with E-state index in [0.717, 1.165) is 95.3 Å². The summed E-state index contributed by atoms with van der Waals surface area (Å²) in [5.74, 6) is 0.00328. The van der Waals surface area contributed by atoms with Gasteiger partial charge in [-0.3, -0.25) is 0 Å². The van der Waals surface area contributed by atoms with Crippen molar-refractivity contribution in [1.82, 2.24) is 10.3 Å². The molecule has 2 rings (SSSR count). The minimum Gasteiger partial charge on any atom is -0.491 e. The number of aromatic nitrogens is 2. The van der Waals surface area contributed by atoms with Crippen LogP contribution in [0.5, 0.6) is 11.8 Å². The van der Waals surface area contributed by atoms with Gasteiger partial charge in [-0.1, -0.05) is 40.5 Å². The molecule has 8 nitrogen and oxygen atoms in total. The maximum atomic E-state index is 9.62. The minimum atomic E-state index is 0.00164. The van der Waals surface area contributed by atoms with Crippen LogP contribution in [0.4, 0.5) is 0 Å². The summed E-state index contributed by atoms with van der Waals surface area (Å²) in [6.07, 6.45) is 11.8. The molecule has 2 N–H and O–H groups in total. The molecule has 33 heavy (non-hydrogen) atoms. The summed E-state index contributed by atoms with van der Waals surface area (Å²) in [7, 11) is 0. The van der Waals surface area contributed by atoms with Crippen molar-refractivity contribution in [2.75, 3.05) is 26.4 Å². The van der Waals surface area contributed by atoms with Crippen LogP contribution in [0, 0.1) is 10.8 Å². The fraction of sp³-hybridized carbons (Fsp3) is 0.760. The van der Waals surface area contributed by atoms with Crippen LogP contribution < -0.4 is 0 Å². The predicted molar refractivity (Wildman–Crippen MR) is 125 cm³/mol. The highest BCUT2D eigenvalue weighted by Crippen LogP contribution is 2.32. The van der Waals surface area contributed by atoms with Gasteiger partial charge in [0, 0.05) is 26.4 Å². The standard InChI is InChI=1S/C25H42N2O6/c1-24(2,16-20-18-32-26-22(20)28)10-5-7-12-30-14-9-15-31-13-8-6-11-25(3,4)17-21-19-33-27-23(21)29/h18-19H,5-17H2,1-4H3,(H,26,28)(H,27,29). The number of nitrogens with zero attached hydrogens (tertiary/aromatic N) is 2. The first-order valence-corrected chi connectivity index (χ1v) is 12.1. The van der Waals surface area contributed by atoms with Crippen molar-refractivity contribution >= 4 is 0 Å². The highest BCUT2D eigenvalue weighted by Gasteiger charge is 2.22. The second kappa shape index (κ2) is 13.6. The average molecular weight is 467 g/mol. The van der Waals surface area contributed by atoms with E-state index >= 15 is 0 Å². The molecule has 2 aromatic rings. The summed E-state index contributed by atoms with van der Waals surface area (Å²) in [6.45, 7) is 11.8. The van der Waals surface area contributed by atoms with Crippen molar-refractivity contribution in [3.63, 3.8) is 0 Å². The molecule has 8 heteroatoms. The number of aromatic hydroxyl groups is 2. The second-order valence-corrected chi connectivity index (χ2v) is 10.5. The van der Waals surface area contributed by atoms with E-state index in [2.05, 4.69) is 38.0 Å². The van der Waals surface area contributed by atoms with E-state index in [0.29, 0.717) is 0 Å². The normalized spacial score (nSPS) is 12.5. The van der Waals surface area contributed by atoms with Crippen molar-refractivity contribution < 1.29 is 28.7 Å². The molecule has 0 aromatic carbocycles. The van der Waals surface area contributed by atoms with E-state index in [9.17, 15) is 10.2 Å². The molecular formula is C25H42N2O6. The molecule has 0 fully saturated rings. The highest BCUT2D eigenvalue weighted by atomic mass is 16.5. The lowest BCUT2D eigenvalue weighted by molar-refractivity contribution is 0.0778. The van der Waals surface area contributed by atoms with Crippen LogP contribution in [0.25, 0.3) is 0 Å². The van der Waals surface area contributed by atoms with Gasteiger partial charge in [0.25, 0.3) is 11.8 Å². The predicted octanol–water partition coefficient (Wildman–Crippen LogP) is 5.68. The third-order valence-corrected chi connectivity index (χ3v) is 5.94. The number of unbranched alkanes of at least 4 members (excludes halogenated alkanes) is 2. The van der Waals surface area contributed by atoms with Gasteiger partial charge in [-0.05, 0) is 66.1 Å². The first-order chi connectivity index (χ1) is 15.7. The molecule has 2 aromatic heterocycles. The summed E-state index contributed by atoms with van der Waals surface area (Å²) >= 11 is 0. The fourth-order valence-electron chi connectivity index (χ4n) is 4.03. The third kappa shape index (κ3) is 11.1. The molecule has 0 radical (unpaired) electrons. The Morgan fingerprint density at radius 2 is 1.06 bits per heavy atom. The van der Waals surface area contributed by atoms with E-state index in [1.54, 1.807) is 0 Å². The third-order valence-electron chi connectivity index (χ3n) is 5.94. The Bertz CT molecular complexity index is 719. The molecule has 0 saturated heterocycles. The largest absolute Gasteiger partial charge is 0.491 e. The van der Waals surface area contributed by atoms with Crippen LogP contribution in [-0.4, -0.2) is 47.0 Å². The number of hydrogen-bond donors (Lipinski definition) is 2. The summed E-state index contributed by atoms with van der Waals surface area (Å²) < 4.78 is 21.1. The zero-order valence-corrected chi connectivity index (χ0v) is 20.8. The Morgan fingerprint density at radius 1 is 0.667 bits per heavy atom. The van der Waals surface area contributed by atoms with Crippen LogP contribution in [0.3, 0.4) is 0 Å². The molecule has 0 saturated carbocycles. The zero-order valence-electron chi connectivity index (χ0n) is 20.8. The monoisotopic (exact) mass is 466 g/mol. The fourth-order valence-corrected chi connectivity index (χ4v) is 4.03. The summed E-state index contributed by atoms with van der Waals surface area (Å²) in [5, 5.41) is 26.3. The van der Waals surface area contributed by atoms with Crippen LogP contribution in [0.2, 0.25) is 0 Å². The Balaban J connectivity index is 1.38. The van der Waals surface area contributed by atoms with Gasteiger partial charge in [0.1, 0.15) is 12.5 Å². The van der Waals surface area contributed by atoms with E-state index in [-0.39, 0.29) is 22.6 Å². The van der Waals surface area contributed by atoms with Gasteiger partial charge in [0.15, 0.2) is 0 Å². The quantitative estimate of drug-likeness (QED) is 0.270. The zero-order chi connectivity index (χ0) is 24.2. The van der Waals surface area contributed by atoms with Crippen LogP contribution >= 0.6 is 0 Å². The first-order valence-electron chi connectivity index (χ1n) is 12.1. The molecule has 0 spiro atoms. The van der Waals surface area contributed by atoms with Gasteiger partial charge >= 0.3 is 0 Å². The highest BCUT2D eigenvalue weighted by molar-refractivity contribution is 5.21. The van der Waals surface area contributed by atoms with Crippen molar-refractivity contribution in [2.45, 2.75) is 85.5 Å². The molecule has 0 bridgehead atoms. The molecule has 0 atom stereocenters. The van der Waals surface area contributed by atoms with Gasteiger partial charge in [0.2, 0.25) is 0 Å². The van der Waals surface area contributed by atoms with E-state index in [1.807, 2.05) is 0 Å². The maximum absolute atomic E-state index is 9.62. The lowest BCUT2D eigenvalue weighted by Crippen LogP contribution is -2.15. The van der Waals surface area contributed by atoms with Gasteiger partial charge < -0.3 is 28.7 Å². The van der Waals surface area contributed by atoms with E-state index in [1.165, 1.54) is 12.5 Å². The van der Waals surface area contributed by atoms with Gasteiger partial charge in [-0.25, -0.2) is 0 Å². The minimum absolute atomic E-state index is 0.00164. The number of rotatable bonds is 18. The molecular weight excluding hydrogens is 424 g/mol. The molecule has 0 unspecified atom stereocenters. The summed E-state index contributed by atoms with van der Waals surface area (Å²) in [4.78, 5) is 0.